The van der Waals surface area contributed by atoms with Crippen molar-refractivity contribution < 1.29 is 0 Å². The Labute approximate surface area is 365 Å². The molecule has 0 radical (unpaired) electrons. The van der Waals surface area contributed by atoms with E-state index in [2.05, 4.69) is 223 Å². The van der Waals surface area contributed by atoms with Crippen molar-refractivity contribution in [2.75, 3.05) is 4.90 Å². The predicted octanol–water partition coefficient (Wildman–Crippen LogP) is 14.9. The van der Waals surface area contributed by atoms with E-state index in [4.69, 9.17) is 4.98 Å². The fourth-order valence-corrected chi connectivity index (χ4v) is 10.4. The number of hydrogen-bond donors (Lipinski definition) is 0. The monoisotopic (exact) mass is 801 g/mol. The van der Waals surface area contributed by atoms with E-state index in [0.717, 1.165) is 43.5 Å². The molecule has 4 atom stereocenters. The largest absolute Gasteiger partial charge is 0.354 e. The van der Waals surface area contributed by atoms with Gasteiger partial charge in [-0.1, -0.05) is 157 Å². The summed E-state index contributed by atoms with van der Waals surface area (Å²) in [5.41, 5.74) is 16.2. The minimum absolute atomic E-state index is 0.0270. The van der Waals surface area contributed by atoms with Crippen LogP contribution in [0.25, 0.3) is 44.2 Å². The summed E-state index contributed by atoms with van der Waals surface area (Å²) in [5.74, 6) is 0.567. The number of fused-ring (bicyclic) bond motifs is 4. The third kappa shape index (κ3) is 7.02. The molecule has 4 aromatic carbocycles. The number of anilines is 1. The molecule has 0 saturated carbocycles. The molecular weight excluding hydrogens is 751 g/mol. The van der Waals surface area contributed by atoms with Gasteiger partial charge in [0, 0.05) is 39.7 Å². The Morgan fingerprint density at radius 2 is 1.39 bits per heavy atom. The molecule has 3 heterocycles. The van der Waals surface area contributed by atoms with Gasteiger partial charge >= 0.3 is 0 Å². The summed E-state index contributed by atoms with van der Waals surface area (Å²) in [6.45, 7) is 2.26. The fourth-order valence-electron chi connectivity index (χ4n) is 10.4. The van der Waals surface area contributed by atoms with Gasteiger partial charge in [-0.3, -0.25) is 4.98 Å². The summed E-state index contributed by atoms with van der Waals surface area (Å²) in [6, 6.07) is 41.2. The van der Waals surface area contributed by atoms with Crippen LogP contribution in [0, 0.1) is 5.92 Å². The third-order valence-corrected chi connectivity index (χ3v) is 13.4. The summed E-state index contributed by atoms with van der Waals surface area (Å²) in [7, 11) is 0. The van der Waals surface area contributed by atoms with E-state index in [-0.39, 0.29) is 23.9 Å². The highest BCUT2D eigenvalue weighted by atomic mass is 15.2. The number of rotatable bonds is 7. The Morgan fingerprint density at radius 1 is 0.581 bits per heavy atom. The molecular formula is C59H51N3. The van der Waals surface area contributed by atoms with Crippen LogP contribution in [-0.4, -0.2) is 15.6 Å². The van der Waals surface area contributed by atoms with Gasteiger partial charge in [0.2, 0.25) is 0 Å². The number of allylic oxidation sites excluding steroid dienone is 16. The molecule has 5 aliphatic rings. The first kappa shape index (κ1) is 38.0. The molecule has 4 unspecified atom stereocenters. The molecule has 6 aromatic rings. The summed E-state index contributed by atoms with van der Waals surface area (Å²) in [6.07, 6.45) is 41.7. The average Bonchev–Trinajstić information content (AvgIpc) is 3.67. The maximum atomic E-state index is 5.31. The summed E-state index contributed by atoms with van der Waals surface area (Å²) < 4.78 is 2.47. The summed E-state index contributed by atoms with van der Waals surface area (Å²) >= 11 is 0. The van der Waals surface area contributed by atoms with E-state index < -0.39 is 0 Å². The molecule has 0 saturated heterocycles. The van der Waals surface area contributed by atoms with Crippen LogP contribution in [0.1, 0.15) is 79.1 Å². The zero-order chi connectivity index (χ0) is 41.4. The predicted molar refractivity (Wildman–Crippen MR) is 262 cm³/mol. The van der Waals surface area contributed by atoms with Crippen molar-refractivity contribution in [1.82, 2.24) is 9.55 Å². The Balaban J connectivity index is 1.00. The average molecular weight is 802 g/mol. The Kier molecular flexibility index (Phi) is 10.1. The van der Waals surface area contributed by atoms with Gasteiger partial charge in [-0.2, -0.15) is 0 Å². The molecule has 0 spiro atoms. The SMILES string of the molecule is C/C1=C\C=C/C(c2cccc(-n3c4ccccc4c4cc(C5=CCCC=C5c5cc(C6=CC=CCC6)nc(C6C=CC=CC6)c5)ccc43)c2)N(c2ccccc2)C2C=CC=CC12. The van der Waals surface area contributed by atoms with Crippen LogP contribution in [-0.2, 0) is 0 Å². The van der Waals surface area contributed by atoms with Crippen LogP contribution in [0.15, 0.2) is 212 Å². The lowest BCUT2D eigenvalue weighted by Crippen LogP contribution is -2.42. The molecule has 1 aliphatic heterocycles. The van der Waals surface area contributed by atoms with Crippen molar-refractivity contribution in [3.63, 3.8) is 0 Å². The van der Waals surface area contributed by atoms with Crippen molar-refractivity contribution in [3.05, 3.63) is 240 Å². The van der Waals surface area contributed by atoms with E-state index in [0.29, 0.717) is 0 Å². The minimum Gasteiger partial charge on any atom is -0.354 e. The molecule has 3 nitrogen and oxygen atoms in total. The molecule has 11 rings (SSSR count). The lowest BCUT2D eigenvalue weighted by molar-refractivity contribution is 0.548. The minimum atomic E-state index is 0.0270. The maximum absolute atomic E-state index is 5.31. The van der Waals surface area contributed by atoms with Crippen LogP contribution in [0.2, 0.25) is 0 Å². The molecule has 0 bridgehead atoms. The molecule has 0 N–H and O–H groups in total. The second-order valence-electron chi connectivity index (χ2n) is 17.2. The molecule has 302 valence electrons. The van der Waals surface area contributed by atoms with E-state index in [1.807, 2.05) is 0 Å². The summed E-state index contributed by atoms with van der Waals surface area (Å²) in [5, 5.41) is 2.53. The molecule has 2 aromatic heterocycles. The quantitative estimate of drug-likeness (QED) is 0.160. The second kappa shape index (κ2) is 16.5. The molecule has 4 aliphatic carbocycles. The van der Waals surface area contributed by atoms with Gasteiger partial charge in [-0.25, -0.2) is 0 Å². The van der Waals surface area contributed by atoms with Crippen LogP contribution < -0.4 is 4.90 Å². The van der Waals surface area contributed by atoms with Crippen molar-refractivity contribution in [1.29, 1.82) is 0 Å². The summed E-state index contributed by atoms with van der Waals surface area (Å²) in [4.78, 5) is 7.92. The highest BCUT2D eigenvalue weighted by Gasteiger charge is 2.33. The molecule has 62 heavy (non-hydrogen) atoms. The van der Waals surface area contributed by atoms with Crippen LogP contribution >= 0.6 is 0 Å². The Hall–Kier alpha value is -6.97. The highest BCUT2D eigenvalue weighted by molar-refractivity contribution is 6.13. The van der Waals surface area contributed by atoms with Gasteiger partial charge < -0.3 is 9.47 Å². The van der Waals surface area contributed by atoms with Crippen LogP contribution in [0.5, 0.6) is 0 Å². The first-order valence-corrected chi connectivity index (χ1v) is 22.5. The van der Waals surface area contributed by atoms with Crippen LogP contribution in [0.3, 0.4) is 0 Å². The maximum Gasteiger partial charge on any atom is 0.0737 e. The van der Waals surface area contributed by atoms with Crippen molar-refractivity contribution >= 4 is 44.2 Å². The van der Waals surface area contributed by atoms with Gasteiger partial charge in [-0.05, 0) is 127 Å². The fraction of sp³-hybridized carbons (Fsp3) is 0.169. The third-order valence-electron chi connectivity index (χ3n) is 13.4. The highest BCUT2D eigenvalue weighted by Crippen LogP contribution is 2.43. The molecule has 0 fully saturated rings. The van der Waals surface area contributed by atoms with E-state index in [1.54, 1.807) is 0 Å². The number of para-hydroxylation sites is 2. The normalized spacial score (nSPS) is 23.3. The Morgan fingerprint density at radius 3 is 2.24 bits per heavy atom. The zero-order valence-electron chi connectivity index (χ0n) is 35.3. The lowest BCUT2D eigenvalue weighted by Gasteiger charge is -2.43. The van der Waals surface area contributed by atoms with Crippen molar-refractivity contribution in [2.24, 2.45) is 5.92 Å². The first-order chi connectivity index (χ1) is 30.7. The second-order valence-corrected chi connectivity index (χ2v) is 17.2. The number of benzene rings is 4. The number of pyridine rings is 1. The van der Waals surface area contributed by atoms with E-state index in [9.17, 15) is 0 Å². The Bertz CT molecular complexity index is 3030. The van der Waals surface area contributed by atoms with Gasteiger partial charge in [0.1, 0.15) is 0 Å². The van der Waals surface area contributed by atoms with Gasteiger partial charge in [0.25, 0.3) is 0 Å². The number of nitrogens with zero attached hydrogens (tertiary/aromatic N) is 3. The molecule has 0 amide bonds. The van der Waals surface area contributed by atoms with Gasteiger partial charge in [-0.15, -0.1) is 0 Å². The smallest absolute Gasteiger partial charge is 0.0737 e. The topological polar surface area (TPSA) is 21.1 Å². The number of hydrogen-bond acceptors (Lipinski definition) is 2. The lowest BCUT2D eigenvalue weighted by atomic mass is 9.84. The molecule has 3 heteroatoms. The first-order valence-electron chi connectivity index (χ1n) is 22.5. The van der Waals surface area contributed by atoms with Crippen LogP contribution in [0.4, 0.5) is 5.69 Å². The standard InChI is InChI=1S/C59H51N3/c1-41-19-17-34-56(61(47-25-9-4-10-26-47)57-32-15-13-28-49(41)57)45-24-18-27-48(37-45)62-58-33-16-14-31-52(58)53-38-44(35-36-59(53)62)50-29-11-12-30-51(50)46-39-54(42-20-5-2-6-21-42)60-55(40-46)43-22-7-3-8-23-43/h2-7,9-10,13-20,22,24-40,42,49,56-57H,8,11-12,21,23H2,1H3/b34-17-,41-19+. The van der Waals surface area contributed by atoms with Crippen molar-refractivity contribution in [3.8, 4) is 5.69 Å². The zero-order valence-corrected chi connectivity index (χ0v) is 35.3. The van der Waals surface area contributed by atoms with E-state index in [1.165, 1.54) is 72.2 Å². The van der Waals surface area contributed by atoms with Crippen molar-refractivity contribution in [2.45, 2.75) is 57.0 Å². The van der Waals surface area contributed by atoms with Gasteiger partial charge in [0.05, 0.1) is 28.8 Å². The van der Waals surface area contributed by atoms with E-state index >= 15 is 0 Å². The van der Waals surface area contributed by atoms with Gasteiger partial charge in [0.15, 0.2) is 0 Å². The number of aromatic nitrogens is 2.